The Morgan fingerprint density at radius 3 is 2.92 bits per heavy atom. The fourth-order valence-electron chi connectivity index (χ4n) is 3.00. The minimum Gasteiger partial charge on any atom is -0.480 e. The monoisotopic (exact) mass is 345 g/mol. The van der Waals surface area contributed by atoms with Crippen molar-refractivity contribution in [3.8, 4) is 10.6 Å². The molecule has 0 spiro atoms. The molecule has 3 rings (SSSR count). The molecular weight excluding hydrogens is 326 g/mol. The van der Waals surface area contributed by atoms with Crippen molar-refractivity contribution in [2.75, 3.05) is 6.54 Å². The van der Waals surface area contributed by atoms with Crippen LogP contribution in [0.15, 0.2) is 29.6 Å². The van der Waals surface area contributed by atoms with Gasteiger partial charge in [0.25, 0.3) is 0 Å². The van der Waals surface area contributed by atoms with Gasteiger partial charge in [0, 0.05) is 24.0 Å². The number of nitrogens with zero attached hydrogens (tertiary/aromatic N) is 2. The highest BCUT2D eigenvalue weighted by atomic mass is 32.1. The first-order valence-electron chi connectivity index (χ1n) is 7.85. The molecule has 1 saturated heterocycles. The van der Waals surface area contributed by atoms with Gasteiger partial charge >= 0.3 is 5.97 Å². The van der Waals surface area contributed by atoms with Gasteiger partial charge in [0.1, 0.15) is 11.0 Å². The summed E-state index contributed by atoms with van der Waals surface area (Å²) in [5.41, 5.74) is 8.42. The van der Waals surface area contributed by atoms with E-state index in [1.54, 1.807) is 0 Å². The summed E-state index contributed by atoms with van der Waals surface area (Å²) in [4.78, 5) is 29.6. The Kier molecular flexibility index (Phi) is 4.92. The standard InChI is InChI=1S/C17H19N3O3S/c18-9-11-4-1-2-5-13(11)16-19-12(10-24-16)8-15(21)20-7-3-6-14(20)17(22)23/h1-2,4-5,10,14H,3,6-9,18H2,(H,22,23). The van der Waals surface area contributed by atoms with Crippen LogP contribution < -0.4 is 5.73 Å². The molecule has 0 bridgehead atoms. The predicted molar refractivity (Wildman–Crippen MR) is 91.5 cm³/mol. The number of likely N-dealkylation sites (tertiary alicyclic amines) is 1. The van der Waals surface area contributed by atoms with Gasteiger partial charge in [0.2, 0.25) is 5.91 Å². The first-order valence-corrected chi connectivity index (χ1v) is 8.73. The summed E-state index contributed by atoms with van der Waals surface area (Å²) in [6.07, 6.45) is 1.38. The molecule has 2 heterocycles. The molecule has 1 aliphatic heterocycles. The lowest BCUT2D eigenvalue weighted by Gasteiger charge is -2.20. The van der Waals surface area contributed by atoms with E-state index in [1.165, 1.54) is 16.2 Å². The highest BCUT2D eigenvalue weighted by Crippen LogP contribution is 2.27. The van der Waals surface area contributed by atoms with Crippen molar-refractivity contribution in [3.63, 3.8) is 0 Å². The normalized spacial score (nSPS) is 17.2. The number of carboxylic acids is 1. The molecule has 1 aliphatic rings. The molecule has 0 saturated carbocycles. The fraction of sp³-hybridized carbons (Fsp3) is 0.353. The molecule has 7 heteroatoms. The van der Waals surface area contributed by atoms with Crippen LogP contribution in [0.3, 0.4) is 0 Å². The summed E-state index contributed by atoms with van der Waals surface area (Å²) in [7, 11) is 0. The summed E-state index contributed by atoms with van der Waals surface area (Å²) < 4.78 is 0. The average molecular weight is 345 g/mol. The van der Waals surface area contributed by atoms with Crippen LogP contribution in [-0.2, 0) is 22.6 Å². The Bertz CT molecular complexity index is 759. The van der Waals surface area contributed by atoms with Gasteiger partial charge < -0.3 is 15.7 Å². The molecule has 24 heavy (non-hydrogen) atoms. The number of hydrogen-bond donors (Lipinski definition) is 2. The van der Waals surface area contributed by atoms with Crippen LogP contribution in [0.2, 0.25) is 0 Å². The predicted octanol–water partition coefficient (Wildman–Crippen LogP) is 1.89. The van der Waals surface area contributed by atoms with Gasteiger partial charge in [-0.1, -0.05) is 24.3 Å². The van der Waals surface area contributed by atoms with Crippen LogP contribution in [0.5, 0.6) is 0 Å². The Morgan fingerprint density at radius 1 is 1.38 bits per heavy atom. The summed E-state index contributed by atoms with van der Waals surface area (Å²) in [6.45, 7) is 0.931. The molecule has 3 N–H and O–H groups in total. The zero-order valence-corrected chi connectivity index (χ0v) is 14.0. The van der Waals surface area contributed by atoms with Crippen molar-refractivity contribution in [3.05, 3.63) is 40.9 Å². The molecule has 126 valence electrons. The number of hydrogen-bond acceptors (Lipinski definition) is 5. The van der Waals surface area contributed by atoms with Crippen molar-refractivity contribution in [1.29, 1.82) is 0 Å². The number of benzene rings is 1. The highest BCUT2D eigenvalue weighted by molar-refractivity contribution is 7.13. The number of aliphatic carboxylic acids is 1. The van der Waals surface area contributed by atoms with Crippen LogP contribution in [-0.4, -0.2) is 39.5 Å². The van der Waals surface area contributed by atoms with Crippen LogP contribution in [0.4, 0.5) is 0 Å². The number of thiazole rings is 1. The molecule has 1 amide bonds. The van der Waals surface area contributed by atoms with Crippen molar-refractivity contribution in [2.24, 2.45) is 5.73 Å². The second kappa shape index (κ2) is 7.11. The van der Waals surface area contributed by atoms with Crippen molar-refractivity contribution in [1.82, 2.24) is 9.88 Å². The summed E-state index contributed by atoms with van der Waals surface area (Å²) in [5.74, 6) is -1.11. The maximum Gasteiger partial charge on any atom is 0.326 e. The molecule has 0 radical (unpaired) electrons. The molecule has 1 unspecified atom stereocenters. The summed E-state index contributed by atoms with van der Waals surface area (Å²) in [5, 5.41) is 11.9. The molecule has 1 aromatic heterocycles. The van der Waals surface area contributed by atoms with Gasteiger partial charge in [-0.25, -0.2) is 9.78 Å². The van der Waals surface area contributed by atoms with E-state index in [9.17, 15) is 14.7 Å². The van der Waals surface area contributed by atoms with Gasteiger partial charge in [0.05, 0.1) is 12.1 Å². The van der Waals surface area contributed by atoms with Gasteiger partial charge in [-0.2, -0.15) is 0 Å². The number of aromatic nitrogens is 1. The molecule has 1 aromatic carbocycles. The van der Waals surface area contributed by atoms with Gasteiger partial charge in [0.15, 0.2) is 0 Å². The smallest absolute Gasteiger partial charge is 0.326 e. The van der Waals surface area contributed by atoms with Gasteiger partial charge in [-0.05, 0) is 18.4 Å². The number of carbonyl (C=O) groups is 2. The SMILES string of the molecule is NCc1ccccc1-c1nc(CC(=O)N2CCCC2C(=O)O)cs1. The number of carbonyl (C=O) groups excluding carboxylic acids is 1. The maximum atomic E-state index is 12.4. The Labute approximate surface area is 143 Å². The maximum absolute atomic E-state index is 12.4. The van der Waals surface area contributed by atoms with Crippen LogP contribution >= 0.6 is 11.3 Å². The van der Waals surface area contributed by atoms with E-state index in [2.05, 4.69) is 4.98 Å². The minimum atomic E-state index is -0.934. The van der Waals surface area contributed by atoms with Crippen molar-refractivity contribution < 1.29 is 14.7 Å². The highest BCUT2D eigenvalue weighted by Gasteiger charge is 2.33. The van der Waals surface area contributed by atoms with Crippen LogP contribution in [0, 0.1) is 0 Å². The van der Waals surface area contributed by atoms with E-state index in [4.69, 9.17) is 5.73 Å². The first kappa shape index (κ1) is 16.6. The summed E-state index contributed by atoms with van der Waals surface area (Å²) in [6, 6.07) is 7.09. The average Bonchev–Trinajstić information content (AvgIpc) is 3.24. The third kappa shape index (κ3) is 3.32. The second-order valence-electron chi connectivity index (χ2n) is 5.77. The van der Waals surface area contributed by atoms with Crippen LogP contribution in [0.1, 0.15) is 24.1 Å². The van der Waals surface area contributed by atoms with E-state index >= 15 is 0 Å². The van der Waals surface area contributed by atoms with E-state index < -0.39 is 12.0 Å². The van der Waals surface area contributed by atoms with E-state index in [0.717, 1.165) is 22.6 Å². The van der Waals surface area contributed by atoms with Crippen molar-refractivity contribution >= 4 is 23.2 Å². The van der Waals surface area contributed by atoms with E-state index in [-0.39, 0.29) is 12.3 Å². The van der Waals surface area contributed by atoms with Crippen molar-refractivity contribution in [2.45, 2.75) is 31.8 Å². The zero-order chi connectivity index (χ0) is 17.1. The number of nitrogens with two attached hydrogens (primary N) is 1. The topological polar surface area (TPSA) is 96.5 Å². The third-order valence-electron chi connectivity index (χ3n) is 4.21. The minimum absolute atomic E-state index is 0.130. The quantitative estimate of drug-likeness (QED) is 0.862. The van der Waals surface area contributed by atoms with Crippen LogP contribution in [0.25, 0.3) is 10.6 Å². The lowest BCUT2D eigenvalue weighted by atomic mass is 10.1. The molecule has 6 nitrogen and oxygen atoms in total. The summed E-state index contributed by atoms with van der Waals surface area (Å²) >= 11 is 1.47. The molecule has 0 aliphatic carbocycles. The number of amides is 1. The lowest BCUT2D eigenvalue weighted by molar-refractivity contribution is -0.148. The number of carboxylic acid groups (broad SMARTS) is 1. The molecular formula is C17H19N3O3S. The Morgan fingerprint density at radius 2 is 2.17 bits per heavy atom. The number of rotatable bonds is 5. The molecule has 2 aromatic rings. The molecule has 1 fully saturated rings. The largest absolute Gasteiger partial charge is 0.480 e. The fourth-order valence-corrected chi connectivity index (χ4v) is 3.88. The third-order valence-corrected chi connectivity index (χ3v) is 5.13. The van der Waals surface area contributed by atoms with Gasteiger partial charge in [-0.15, -0.1) is 11.3 Å². The first-order chi connectivity index (χ1) is 11.6. The zero-order valence-electron chi connectivity index (χ0n) is 13.1. The Balaban J connectivity index is 1.74. The molecule has 1 atom stereocenters. The van der Waals surface area contributed by atoms with Gasteiger partial charge in [-0.3, -0.25) is 4.79 Å². The van der Waals surface area contributed by atoms with E-state index in [1.807, 2.05) is 29.6 Å². The lowest BCUT2D eigenvalue weighted by Crippen LogP contribution is -2.41. The van der Waals surface area contributed by atoms with E-state index in [0.29, 0.717) is 25.2 Å². The second-order valence-corrected chi connectivity index (χ2v) is 6.62. The Hall–Kier alpha value is -2.25.